The van der Waals surface area contributed by atoms with E-state index in [9.17, 15) is 22.8 Å². The van der Waals surface area contributed by atoms with Crippen molar-refractivity contribution in [1.29, 1.82) is 0 Å². The number of carbonyl (C=O) groups is 3. The smallest absolute Gasteiger partial charge is 0.309 e. The van der Waals surface area contributed by atoms with E-state index in [1.165, 1.54) is 4.31 Å². The van der Waals surface area contributed by atoms with E-state index in [4.69, 9.17) is 4.74 Å². The second-order valence-corrected chi connectivity index (χ2v) is 8.93. The summed E-state index contributed by atoms with van der Waals surface area (Å²) < 4.78 is 29.4. The van der Waals surface area contributed by atoms with Crippen molar-refractivity contribution in [3.63, 3.8) is 0 Å². The molecular weight excluding hydrogens is 374 g/mol. The number of ether oxygens (including phenoxy) is 1. The first-order valence-corrected chi connectivity index (χ1v) is 11.2. The van der Waals surface area contributed by atoms with Crippen LogP contribution in [0.3, 0.4) is 0 Å². The topological polar surface area (TPSA) is 104 Å². The Labute approximate surface area is 160 Å². The average Bonchev–Trinajstić information content (AvgIpc) is 2.65. The van der Waals surface area contributed by atoms with Crippen molar-refractivity contribution in [2.45, 2.75) is 32.6 Å². The Bertz CT molecular complexity index is 650. The van der Waals surface area contributed by atoms with Crippen LogP contribution in [0.25, 0.3) is 0 Å². The van der Waals surface area contributed by atoms with Gasteiger partial charge < -0.3 is 14.5 Å². The minimum atomic E-state index is -3.23. The summed E-state index contributed by atoms with van der Waals surface area (Å²) in [5, 5.41) is 0. The second kappa shape index (κ2) is 9.50. The van der Waals surface area contributed by atoms with E-state index in [1.807, 2.05) is 0 Å². The molecule has 0 N–H and O–H groups in total. The molecule has 0 aliphatic carbocycles. The van der Waals surface area contributed by atoms with Crippen LogP contribution in [-0.4, -0.2) is 92.4 Å². The van der Waals surface area contributed by atoms with Crippen molar-refractivity contribution >= 4 is 27.8 Å². The lowest BCUT2D eigenvalue weighted by Crippen LogP contribution is -2.50. The summed E-state index contributed by atoms with van der Waals surface area (Å²) in [4.78, 5) is 39.6. The highest BCUT2D eigenvalue weighted by atomic mass is 32.2. The molecule has 0 aromatic heterocycles. The van der Waals surface area contributed by atoms with Crippen molar-refractivity contribution in [1.82, 2.24) is 14.1 Å². The van der Waals surface area contributed by atoms with Crippen molar-refractivity contribution in [2.24, 2.45) is 5.92 Å². The van der Waals surface area contributed by atoms with E-state index < -0.39 is 10.0 Å². The molecule has 0 atom stereocenters. The minimum absolute atomic E-state index is 0.0829. The first kappa shape index (κ1) is 21.6. The fourth-order valence-electron chi connectivity index (χ4n) is 3.42. The molecular formula is C17H29N3O6S. The quantitative estimate of drug-likeness (QED) is 0.563. The molecule has 0 radical (unpaired) electrons. The molecule has 0 saturated carbocycles. The number of nitrogens with zero attached hydrogens (tertiary/aromatic N) is 3. The predicted octanol–water partition coefficient (Wildman–Crippen LogP) is -0.328. The third-order valence-corrected chi connectivity index (χ3v) is 6.38. The number of carbonyl (C=O) groups excluding carboxylic acids is 3. The van der Waals surface area contributed by atoms with Gasteiger partial charge in [-0.05, 0) is 19.8 Å². The number of likely N-dealkylation sites (tertiary alicyclic amines) is 1. The van der Waals surface area contributed by atoms with Crippen LogP contribution in [0.4, 0.5) is 0 Å². The van der Waals surface area contributed by atoms with Crippen LogP contribution in [0, 0.1) is 5.92 Å². The molecule has 154 valence electrons. The molecule has 9 nitrogen and oxygen atoms in total. The second-order valence-electron chi connectivity index (χ2n) is 6.95. The Morgan fingerprint density at radius 2 is 1.37 bits per heavy atom. The van der Waals surface area contributed by atoms with Gasteiger partial charge in [-0.3, -0.25) is 14.4 Å². The number of piperazine rings is 1. The van der Waals surface area contributed by atoms with Gasteiger partial charge in [0.2, 0.25) is 21.8 Å². The van der Waals surface area contributed by atoms with Gasteiger partial charge in [0.1, 0.15) is 0 Å². The van der Waals surface area contributed by atoms with Gasteiger partial charge in [0.25, 0.3) is 0 Å². The van der Waals surface area contributed by atoms with Gasteiger partial charge in [0.05, 0.1) is 18.8 Å². The minimum Gasteiger partial charge on any atom is -0.466 e. The zero-order valence-electron chi connectivity index (χ0n) is 16.1. The molecule has 27 heavy (non-hydrogen) atoms. The van der Waals surface area contributed by atoms with Crippen LogP contribution < -0.4 is 0 Å². The van der Waals surface area contributed by atoms with Gasteiger partial charge in [-0.25, -0.2) is 8.42 Å². The molecule has 0 unspecified atom stereocenters. The fraction of sp³-hybridized carbons (Fsp3) is 0.824. The summed E-state index contributed by atoms with van der Waals surface area (Å²) in [6.07, 6.45) is 2.59. The van der Waals surface area contributed by atoms with Crippen LogP contribution in [0.1, 0.15) is 32.6 Å². The highest BCUT2D eigenvalue weighted by molar-refractivity contribution is 7.88. The lowest BCUT2D eigenvalue weighted by molar-refractivity contribution is -0.151. The van der Waals surface area contributed by atoms with E-state index in [2.05, 4.69) is 0 Å². The summed E-state index contributed by atoms with van der Waals surface area (Å²) in [7, 11) is -3.23. The molecule has 2 amide bonds. The Morgan fingerprint density at radius 3 is 1.81 bits per heavy atom. The molecule has 2 fully saturated rings. The maximum absolute atomic E-state index is 12.3. The van der Waals surface area contributed by atoms with Gasteiger partial charge in [-0.1, -0.05) is 0 Å². The SMILES string of the molecule is CCOC(=O)C1CCN(C(=O)CCC(=O)N2CCN(S(C)(=O)=O)CC2)CC1. The largest absolute Gasteiger partial charge is 0.466 e. The van der Waals surface area contributed by atoms with E-state index in [1.54, 1.807) is 16.7 Å². The van der Waals surface area contributed by atoms with Crippen molar-refractivity contribution in [3.05, 3.63) is 0 Å². The van der Waals surface area contributed by atoms with Crippen LogP contribution in [0.2, 0.25) is 0 Å². The van der Waals surface area contributed by atoms with Crippen molar-refractivity contribution in [2.75, 3.05) is 52.1 Å². The standard InChI is InChI=1S/C17H29N3O6S/c1-3-26-17(23)14-6-8-18(9-7-14)15(21)4-5-16(22)19-10-12-20(13-11-19)27(2,24)25/h14H,3-13H2,1-2H3. The number of piperidine rings is 1. The Hall–Kier alpha value is -1.68. The van der Waals surface area contributed by atoms with Crippen LogP contribution in [0.15, 0.2) is 0 Å². The van der Waals surface area contributed by atoms with Gasteiger partial charge in [0.15, 0.2) is 0 Å². The molecule has 0 aromatic rings. The summed E-state index contributed by atoms with van der Waals surface area (Å²) in [6.45, 7) is 4.43. The van der Waals surface area contributed by atoms with Crippen LogP contribution in [-0.2, 0) is 29.1 Å². The molecule has 2 saturated heterocycles. The molecule has 2 rings (SSSR count). The normalized spacial score (nSPS) is 19.8. The third-order valence-electron chi connectivity index (χ3n) is 5.08. The molecule has 0 spiro atoms. The Balaban J connectivity index is 1.70. The zero-order valence-corrected chi connectivity index (χ0v) is 16.9. The lowest BCUT2D eigenvalue weighted by Gasteiger charge is -2.34. The number of amides is 2. The summed E-state index contributed by atoms with van der Waals surface area (Å²) in [5.41, 5.74) is 0. The zero-order chi connectivity index (χ0) is 20.0. The summed E-state index contributed by atoms with van der Waals surface area (Å²) in [5.74, 6) is -0.562. The first-order chi connectivity index (χ1) is 12.7. The molecule has 2 heterocycles. The Morgan fingerprint density at radius 1 is 0.889 bits per heavy atom. The molecule has 10 heteroatoms. The van der Waals surface area contributed by atoms with Crippen LogP contribution in [0.5, 0.6) is 0 Å². The highest BCUT2D eigenvalue weighted by Gasteiger charge is 2.29. The molecule has 2 aliphatic rings. The van der Waals surface area contributed by atoms with Gasteiger partial charge in [-0.15, -0.1) is 0 Å². The van der Waals surface area contributed by atoms with Crippen molar-refractivity contribution < 1.29 is 27.5 Å². The summed E-state index contributed by atoms with van der Waals surface area (Å²) >= 11 is 0. The highest BCUT2D eigenvalue weighted by Crippen LogP contribution is 2.19. The monoisotopic (exact) mass is 403 g/mol. The number of hydrogen-bond donors (Lipinski definition) is 0. The number of esters is 1. The van der Waals surface area contributed by atoms with Crippen LogP contribution >= 0.6 is 0 Å². The number of hydrogen-bond acceptors (Lipinski definition) is 6. The molecule has 2 aliphatic heterocycles. The molecule has 0 bridgehead atoms. The third kappa shape index (κ3) is 6.17. The average molecular weight is 404 g/mol. The van der Waals surface area contributed by atoms with Gasteiger partial charge >= 0.3 is 5.97 Å². The predicted molar refractivity (Wildman–Crippen MR) is 98.2 cm³/mol. The van der Waals surface area contributed by atoms with E-state index >= 15 is 0 Å². The van der Waals surface area contributed by atoms with E-state index in [-0.39, 0.29) is 36.5 Å². The van der Waals surface area contributed by atoms with E-state index in [0.717, 1.165) is 6.26 Å². The van der Waals surface area contributed by atoms with E-state index in [0.29, 0.717) is 58.7 Å². The fourth-order valence-corrected chi connectivity index (χ4v) is 4.25. The molecule has 0 aromatic carbocycles. The summed E-state index contributed by atoms with van der Waals surface area (Å²) in [6, 6.07) is 0. The Kier molecular flexibility index (Phi) is 7.60. The maximum atomic E-state index is 12.3. The maximum Gasteiger partial charge on any atom is 0.309 e. The first-order valence-electron chi connectivity index (χ1n) is 9.39. The van der Waals surface area contributed by atoms with Gasteiger partial charge in [0, 0.05) is 52.1 Å². The van der Waals surface area contributed by atoms with Gasteiger partial charge in [-0.2, -0.15) is 4.31 Å². The lowest BCUT2D eigenvalue weighted by atomic mass is 9.96. The number of rotatable bonds is 6. The number of sulfonamides is 1. The van der Waals surface area contributed by atoms with Crippen molar-refractivity contribution in [3.8, 4) is 0 Å².